The smallest absolute Gasteiger partial charge is 0.307 e. The highest BCUT2D eigenvalue weighted by Crippen LogP contribution is 2.31. The average molecular weight is 433 g/mol. The number of hydrogen-bond donors (Lipinski definition) is 2. The molecule has 0 aromatic rings. The van der Waals surface area contributed by atoms with E-state index < -0.39 is 25.6 Å². The van der Waals surface area contributed by atoms with Gasteiger partial charge in [0.05, 0.1) is 5.92 Å². The maximum Gasteiger partial charge on any atom is 0.307 e. The summed E-state index contributed by atoms with van der Waals surface area (Å²) in [5.74, 6) is 1.49. The molecule has 0 unspecified atom stereocenters. The third-order valence-corrected chi connectivity index (χ3v) is 6.32. The summed E-state index contributed by atoms with van der Waals surface area (Å²) < 4.78 is 0. The van der Waals surface area contributed by atoms with Crippen LogP contribution in [0.5, 0.6) is 0 Å². The van der Waals surface area contributed by atoms with Crippen LogP contribution in [0.3, 0.4) is 0 Å². The number of unbranched alkanes of at least 4 members (excludes halogenated alkanes) is 2. The molecule has 30 heavy (non-hydrogen) atoms. The van der Waals surface area contributed by atoms with Gasteiger partial charge in [0.2, 0.25) is 0 Å². The molecule has 168 valence electrons. The van der Waals surface area contributed by atoms with Gasteiger partial charge in [0, 0.05) is 12.3 Å². The minimum Gasteiger partial charge on any atom is -0.481 e. The summed E-state index contributed by atoms with van der Waals surface area (Å²) in [6.45, 7) is 8.65. The molecule has 0 aliphatic heterocycles. The van der Waals surface area contributed by atoms with Crippen molar-refractivity contribution in [3.8, 4) is 11.5 Å². The molecule has 0 aromatic carbocycles. The molecule has 1 saturated carbocycles. The molecule has 1 aliphatic rings. The van der Waals surface area contributed by atoms with Crippen LogP contribution in [0, 0.1) is 23.3 Å². The number of carbonyl (C=O) groups excluding carboxylic acids is 1. The van der Waals surface area contributed by atoms with Gasteiger partial charge in [-0.25, -0.2) is 0 Å². The number of hydrogen-bond acceptors (Lipinski definition) is 3. The maximum absolute atomic E-state index is 11.9. The Hall–Kier alpha value is -1.64. The lowest BCUT2D eigenvalue weighted by Crippen LogP contribution is -2.26. The summed E-state index contributed by atoms with van der Waals surface area (Å²) >= 11 is 0. The Balaban J connectivity index is 2.57. The van der Waals surface area contributed by atoms with Gasteiger partial charge in [-0.1, -0.05) is 63.6 Å². The quantitative estimate of drug-likeness (QED) is 0.184. The number of aliphatic carboxylic acids is 1. The molecule has 0 spiro atoms. The van der Waals surface area contributed by atoms with Crippen LogP contribution < -0.4 is 0 Å². The number of Topliss-reactive ketones (excluding diaryl/α,β-unsaturated/α-hetero) is 1. The van der Waals surface area contributed by atoms with Crippen LogP contribution in [0.15, 0.2) is 24.3 Å². The zero-order chi connectivity index (χ0) is 22.6. The van der Waals surface area contributed by atoms with Crippen molar-refractivity contribution in [3.05, 3.63) is 24.3 Å². The van der Waals surface area contributed by atoms with E-state index in [0.29, 0.717) is 38.5 Å². The van der Waals surface area contributed by atoms with E-state index in [1.807, 2.05) is 24.3 Å². The van der Waals surface area contributed by atoms with Gasteiger partial charge in [-0.15, -0.1) is 5.54 Å². The molecule has 0 saturated heterocycles. The molecule has 2 N–H and O–H groups in total. The highest BCUT2D eigenvalue weighted by atomic mass is 28.3. The molecular formula is C25H40O4Si. The van der Waals surface area contributed by atoms with Crippen LogP contribution in [-0.4, -0.2) is 35.6 Å². The summed E-state index contributed by atoms with van der Waals surface area (Å²) in [5.41, 5.74) is 2.22. The molecule has 5 heteroatoms. The van der Waals surface area contributed by atoms with Crippen LogP contribution in [-0.2, 0) is 9.59 Å². The van der Waals surface area contributed by atoms with Crippen molar-refractivity contribution >= 4 is 19.8 Å². The molecule has 0 amide bonds. The molecule has 1 aliphatic carbocycles. The summed E-state index contributed by atoms with van der Waals surface area (Å²) in [6.07, 6.45) is 15.4. The number of rotatable bonds is 12. The Morgan fingerprint density at radius 3 is 2.57 bits per heavy atom. The molecule has 1 fully saturated rings. The predicted molar refractivity (Wildman–Crippen MR) is 126 cm³/mol. The second-order valence-corrected chi connectivity index (χ2v) is 14.2. The van der Waals surface area contributed by atoms with Crippen molar-refractivity contribution in [2.24, 2.45) is 11.8 Å². The van der Waals surface area contributed by atoms with Gasteiger partial charge < -0.3 is 10.2 Å². The lowest BCUT2D eigenvalue weighted by molar-refractivity contribution is -0.146. The van der Waals surface area contributed by atoms with Crippen molar-refractivity contribution in [1.29, 1.82) is 0 Å². The largest absolute Gasteiger partial charge is 0.481 e. The minimum absolute atomic E-state index is 0.107. The van der Waals surface area contributed by atoms with Gasteiger partial charge in [0.15, 0.2) is 0 Å². The van der Waals surface area contributed by atoms with E-state index in [-0.39, 0.29) is 11.7 Å². The van der Waals surface area contributed by atoms with Gasteiger partial charge in [0.25, 0.3) is 0 Å². The van der Waals surface area contributed by atoms with Crippen LogP contribution in [0.4, 0.5) is 0 Å². The number of carboxylic acid groups (broad SMARTS) is 1. The van der Waals surface area contributed by atoms with E-state index in [0.717, 1.165) is 25.7 Å². The van der Waals surface area contributed by atoms with E-state index >= 15 is 0 Å². The zero-order valence-corrected chi connectivity index (χ0v) is 20.2. The molecule has 4 nitrogen and oxygen atoms in total. The van der Waals surface area contributed by atoms with E-state index in [1.54, 1.807) is 0 Å². The lowest BCUT2D eigenvalue weighted by atomic mass is 9.86. The number of carboxylic acids is 1. The minimum atomic E-state index is -1.56. The van der Waals surface area contributed by atoms with Crippen LogP contribution in [0.25, 0.3) is 0 Å². The summed E-state index contributed by atoms with van der Waals surface area (Å²) in [4.78, 5) is 23.4. The van der Waals surface area contributed by atoms with Gasteiger partial charge in [-0.3, -0.25) is 9.59 Å². The standard InChI is InChI=1S/C25H40O4Si/c1-5-6-11-17-25(29,19-20-30(2,3)4)18-12-9-7-8-10-14-22(24(27)28)21-15-13-16-23(21)26/h7-8,12,18,21-22,29H,5-6,9-11,13-17H2,1-4H3,(H,27,28)/t21-,22+,25+/m1/s1. The van der Waals surface area contributed by atoms with Crippen LogP contribution in [0.2, 0.25) is 19.6 Å². The molecule has 0 radical (unpaired) electrons. The number of carbonyl (C=O) groups is 2. The Labute approximate surface area is 183 Å². The molecule has 1 rings (SSSR count). The first-order valence-corrected chi connectivity index (χ1v) is 14.9. The third-order valence-electron chi connectivity index (χ3n) is 5.45. The van der Waals surface area contributed by atoms with Crippen molar-refractivity contribution in [2.45, 2.75) is 96.4 Å². The Morgan fingerprint density at radius 1 is 1.27 bits per heavy atom. The lowest BCUT2D eigenvalue weighted by Gasteiger charge is -2.19. The maximum atomic E-state index is 11.9. The van der Waals surface area contributed by atoms with E-state index in [2.05, 4.69) is 38.0 Å². The van der Waals surface area contributed by atoms with E-state index in [1.165, 1.54) is 0 Å². The fourth-order valence-electron chi connectivity index (χ4n) is 3.72. The first-order valence-electron chi connectivity index (χ1n) is 11.4. The first-order chi connectivity index (χ1) is 14.1. The van der Waals surface area contributed by atoms with Gasteiger partial charge in [-0.2, -0.15) is 0 Å². The SMILES string of the molecule is CCCCC[C@@](O)(C#C[Si](C)(C)C)C=CCC=CCC[C@H](C(=O)O)[C@H]1CCCC1=O. The Kier molecular flexibility index (Phi) is 11.4. The normalized spacial score (nSPS) is 20.3. The van der Waals surface area contributed by atoms with Crippen molar-refractivity contribution in [2.75, 3.05) is 0 Å². The monoisotopic (exact) mass is 432 g/mol. The van der Waals surface area contributed by atoms with Gasteiger partial charge >= 0.3 is 5.97 Å². The van der Waals surface area contributed by atoms with E-state index in [9.17, 15) is 19.8 Å². The molecule has 0 aromatic heterocycles. The summed E-state index contributed by atoms with van der Waals surface area (Å²) in [6, 6.07) is 0. The van der Waals surface area contributed by atoms with Gasteiger partial charge in [0.1, 0.15) is 19.5 Å². The number of ketones is 1. The van der Waals surface area contributed by atoms with Crippen LogP contribution >= 0.6 is 0 Å². The zero-order valence-electron chi connectivity index (χ0n) is 19.2. The van der Waals surface area contributed by atoms with Gasteiger partial charge in [-0.05, 0) is 51.0 Å². The highest BCUT2D eigenvalue weighted by Gasteiger charge is 2.35. The first kappa shape index (κ1) is 26.4. The molecule has 3 atom stereocenters. The molecule has 0 bridgehead atoms. The molecule has 0 heterocycles. The van der Waals surface area contributed by atoms with Crippen molar-refractivity contribution < 1.29 is 19.8 Å². The Morgan fingerprint density at radius 2 is 2.00 bits per heavy atom. The predicted octanol–water partition coefficient (Wildman–Crippen LogP) is 5.53. The fraction of sp³-hybridized carbons (Fsp3) is 0.680. The topological polar surface area (TPSA) is 74.6 Å². The average Bonchev–Trinajstić information content (AvgIpc) is 3.07. The number of allylic oxidation sites excluding steroid dienone is 3. The van der Waals surface area contributed by atoms with Crippen molar-refractivity contribution in [1.82, 2.24) is 0 Å². The van der Waals surface area contributed by atoms with E-state index in [4.69, 9.17) is 0 Å². The van der Waals surface area contributed by atoms with Crippen LogP contribution in [0.1, 0.15) is 71.1 Å². The summed E-state index contributed by atoms with van der Waals surface area (Å²) in [5, 5.41) is 20.4. The van der Waals surface area contributed by atoms with Crippen molar-refractivity contribution in [3.63, 3.8) is 0 Å². The Bertz CT molecular complexity index is 677. The second kappa shape index (κ2) is 12.9. The fourth-order valence-corrected chi connectivity index (χ4v) is 4.32. The summed E-state index contributed by atoms with van der Waals surface area (Å²) in [7, 11) is -1.56. The highest BCUT2D eigenvalue weighted by molar-refractivity contribution is 6.83. The third kappa shape index (κ3) is 10.4. The second-order valence-electron chi connectivity index (χ2n) is 9.48. The molecular weight excluding hydrogens is 392 g/mol. The number of aliphatic hydroxyl groups is 1.